The van der Waals surface area contributed by atoms with Gasteiger partial charge in [-0.05, 0) is 37.7 Å². The first kappa shape index (κ1) is 15.8. The Morgan fingerprint density at radius 3 is 2.44 bits per heavy atom. The van der Waals surface area contributed by atoms with E-state index in [4.69, 9.17) is 11.6 Å². The van der Waals surface area contributed by atoms with E-state index in [9.17, 15) is 8.42 Å². The van der Waals surface area contributed by atoms with E-state index in [0.717, 1.165) is 15.7 Å². The summed E-state index contributed by atoms with van der Waals surface area (Å²) in [5.41, 5.74) is 0. The molecule has 3 nitrogen and oxygen atoms in total. The molecule has 0 aliphatic rings. The van der Waals surface area contributed by atoms with E-state index < -0.39 is 9.84 Å². The molecular formula is C12H18ClNO2S2. The van der Waals surface area contributed by atoms with Gasteiger partial charge in [-0.25, -0.2) is 8.42 Å². The molecule has 1 atom stereocenters. The summed E-state index contributed by atoms with van der Waals surface area (Å²) >= 11 is 7.51. The number of halogens is 1. The normalized spacial score (nSPS) is 13.5. The second-order valence-corrected chi connectivity index (χ2v) is 7.96. The molecule has 1 aromatic rings. The number of hydrogen-bond acceptors (Lipinski definition) is 4. The Morgan fingerprint density at radius 1 is 1.33 bits per heavy atom. The third kappa shape index (κ3) is 6.64. The number of benzene rings is 1. The van der Waals surface area contributed by atoms with Gasteiger partial charge >= 0.3 is 0 Å². The van der Waals surface area contributed by atoms with E-state index in [2.05, 4.69) is 5.32 Å². The van der Waals surface area contributed by atoms with Crippen molar-refractivity contribution in [2.24, 2.45) is 0 Å². The standard InChI is InChI=1S/C12H18ClNO2S2/c1-14-11(7-8-18(2,15)16)9-17-12-5-3-10(13)4-6-12/h3-6,11,14H,7-9H2,1-2H3. The summed E-state index contributed by atoms with van der Waals surface area (Å²) < 4.78 is 22.2. The van der Waals surface area contributed by atoms with E-state index >= 15 is 0 Å². The van der Waals surface area contributed by atoms with Crippen LogP contribution in [0.15, 0.2) is 29.2 Å². The maximum absolute atomic E-state index is 11.1. The van der Waals surface area contributed by atoms with E-state index in [0.29, 0.717) is 6.42 Å². The predicted molar refractivity (Wildman–Crippen MR) is 79.4 cm³/mol. The van der Waals surface area contributed by atoms with Crippen LogP contribution in [0.4, 0.5) is 0 Å². The van der Waals surface area contributed by atoms with Crippen molar-refractivity contribution >= 4 is 33.2 Å². The average Bonchev–Trinajstić information content (AvgIpc) is 2.30. The first-order chi connectivity index (χ1) is 8.40. The molecule has 0 bridgehead atoms. The fraction of sp³-hybridized carbons (Fsp3) is 0.500. The number of hydrogen-bond donors (Lipinski definition) is 1. The highest BCUT2D eigenvalue weighted by atomic mass is 35.5. The van der Waals surface area contributed by atoms with Crippen molar-refractivity contribution in [2.45, 2.75) is 17.4 Å². The lowest BCUT2D eigenvalue weighted by molar-refractivity contribution is 0.573. The molecule has 0 fully saturated rings. The van der Waals surface area contributed by atoms with Crippen LogP contribution < -0.4 is 5.32 Å². The molecule has 0 radical (unpaired) electrons. The largest absolute Gasteiger partial charge is 0.316 e. The molecule has 102 valence electrons. The van der Waals surface area contributed by atoms with E-state index in [1.807, 2.05) is 31.3 Å². The molecule has 0 aliphatic heterocycles. The third-order valence-electron chi connectivity index (χ3n) is 2.51. The van der Waals surface area contributed by atoms with Crippen LogP contribution in [0.2, 0.25) is 5.02 Å². The number of sulfone groups is 1. The molecule has 0 aromatic heterocycles. The highest BCUT2D eigenvalue weighted by Gasteiger charge is 2.10. The van der Waals surface area contributed by atoms with Crippen LogP contribution in [0.5, 0.6) is 0 Å². The Balaban J connectivity index is 2.42. The Kier molecular flexibility index (Phi) is 6.49. The van der Waals surface area contributed by atoms with Crippen molar-refractivity contribution in [3.63, 3.8) is 0 Å². The average molecular weight is 308 g/mol. The minimum Gasteiger partial charge on any atom is -0.316 e. The summed E-state index contributed by atoms with van der Waals surface area (Å²) in [7, 11) is -1.03. The number of thioether (sulfide) groups is 1. The SMILES string of the molecule is CNC(CCS(C)(=O)=O)CSc1ccc(Cl)cc1. The van der Waals surface area contributed by atoms with Crippen molar-refractivity contribution in [3.05, 3.63) is 29.3 Å². The van der Waals surface area contributed by atoms with Gasteiger partial charge in [0.05, 0.1) is 5.75 Å². The molecule has 1 N–H and O–H groups in total. The van der Waals surface area contributed by atoms with Crippen LogP contribution in [-0.4, -0.2) is 39.3 Å². The third-order valence-corrected chi connectivity index (χ3v) is 4.91. The van der Waals surface area contributed by atoms with Crippen molar-refractivity contribution < 1.29 is 8.42 Å². The monoisotopic (exact) mass is 307 g/mol. The minimum absolute atomic E-state index is 0.195. The van der Waals surface area contributed by atoms with Gasteiger partial charge in [0, 0.05) is 28.0 Å². The van der Waals surface area contributed by atoms with Crippen LogP contribution >= 0.6 is 23.4 Å². The molecule has 0 amide bonds. The Hall–Kier alpha value is -0.230. The smallest absolute Gasteiger partial charge is 0.147 e. The van der Waals surface area contributed by atoms with Crippen molar-refractivity contribution in [2.75, 3.05) is 24.8 Å². The molecule has 0 saturated carbocycles. The van der Waals surface area contributed by atoms with Crippen molar-refractivity contribution in [3.8, 4) is 0 Å². The fourth-order valence-electron chi connectivity index (χ4n) is 1.39. The van der Waals surface area contributed by atoms with E-state index in [-0.39, 0.29) is 11.8 Å². The summed E-state index contributed by atoms with van der Waals surface area (Å²) in [6, 6.07) is 7.84. The zero-order valence-electron chi connectivity index (χ0n) is 10.5. The van der Waals surface area contributed by atoms with Crippen molar-refractivity contribution in [1.82, 2.24) is 5.32 Å². The fourth-order valence-corrected chi connectivity index (χ4v) is 3.29. The topological polar surface area (TPSA) is 46.2 Å². The van der Waals surface area contributed by atoms with Gasteiger partial charge in [-0.1, -0.05) is 11.6 Å². The van der Waals surface area contributed by atoms with Gasteiger partial charge in [-0.2, -0.15) is 0 Å². The molecule has 0 spiro atoms. The first-order valence-corrected chi connectivity index (χ1v) is 9.06. The number of rotatable bonds is 7. The summed E-state index contributed by atoms with van der Waals surface area (Å²) in [4.78, 5) is 1.14. The molecule has 1 rings (SSSR count). The van der Waals surface area contributed by atoms with Gasteiger partial charge in [-0.3, -0.25) is 0 Å². The Labute approximate surface area is 118 Å². The molecule has 6 heteroatoms. The minimum atomic E-state index is -2.88. The molecule has 1 aromatic carbocycles. The second-order valence-electron chi connectivity index (χ2n) is 4.17. The molecule has 0 aliphatic carbocycles. The second kappa shape index (κ2) is 7.38. The van der Waals surface area contributed by atoms with Crippen LogP contribution in [0.1, 0.15) is 6.42 Å². The molecule has 0 saturated heterocycles. The van der Waals surface area contributed by atoms with Crippen LogP contribution in [0.3, 0.4) is 0 Å². The van der Waals surface area contributed by atoms with Gasteiger partial charge in [0.15, 0.2) is 0 Å². The predicted octanol–water partition coefficient (Wildman–Crippen LogP) is 2.45. The first-order valence-electron chi connectivity index (χ1n) is 5.64. The number of nitrogens with one attached hydrogen (secondary N) is 1. The maximum Gasteiger partial charge on any atom is 0.147 e. The van der Waals surface area contributed by atoms with Crippen molar-refractivity contribution in [1.29, 1.82) is 0 Å². The van der Waals surface area contributed by atoms with Crippen LogP contribution in [0, 0.1) is 0 Å². The van der Waals surface area contributed by atoms with Gasteiger partial charge in [0.2, 0.25) is 0 Å². The highest BCUT2D eigenvalue weighted by molar-refractivity contribution is 7.99. The van der Waals surface area contributed by atoms with Gasteiger partial charge in [-0.15, -0.1) is 11.8 Å². The van der Waals surface area contributed by atoms with Crippen LogP contribution in [0.25, 0.3) is 0 Å². The highest BCUT2D eigenvalue weighted by Crippen LogP contribution is 2.21. The Morgan fingerprint density at radius 2 is 1.94 bits per heavy atom. The summed E-state index contributed by atoms with van der Waals surface area (Å²) in [6.07, 6.45) is 1.90. The zero-order chi connectivity index (χ0) is 13.6. The molecule has 1 unspecified atom stereocenters. The lowest BCUT2D eigenvalue weighted by Gasteiger charge is -2.15. The summed E-state index contributed by atoms with van der Waals surface area (Å²) in [6.45, 7) is 0. The van der Waals surface area contributed by atoms with E-state index in [1.165, 1.54) is 6.26 Å². The summed E-state index contributed by atoms with van der Waals surface area (Å²) in [5, 5.41) is 3.87. The zero-order valence-corrected chi connectivity index (χ0v) is 12.9. The summed E-state index contributed by atoms with van der Waals surface area (Å²) in [5.74, 6) is 1.06. The van der Waals surface area contributed by atoms with Gasteiger partial charge in [0.1, 0.15) is 9.84 Å². The lowest BCUT2D eigenvalue weighted by Crippen LogP contribution is -2.30. The molecule has 0 heterocycles. The lowest BCUT2D eigenvalue weighted by atomic mass is 10.3. The molecule has 18 heavy (non-hydrogen) atoms. The maximum atomic E-state index is 11.1. The quantitative estimate of drug-likeness (QED) is 0.786. The van der Waals surface area contributed by atoms with Crippen LogP contribution in [-0.2, 0) is 9.84 Å². The van der Waals surface area contributed by atoms with Gasteiger partial charge < -0.3 is 5.32 Å². The van der Waals surface area contributed by atoms with Gasteiger partial charge in [0.25, 0.3) is 0 Å². The van der Waals surface area contributed by atoms with E-state index in [1.54, 1.807) is 11.8 Å². The molecular weight excluding hydrogens is 290 g/mol. The Bertz CT molecular complexity index is 459.